The van der Waals surface area contributed by atoms with E-state index in [1.54, 1.807) is 0 Å². The van der Waals surface area contributed by atoms with Crippen LogP contribution in [-0.4, -0.2) is 36.5 Å². The number of nitrogens with one attached hydrogen (secondary N) is 1. The molecule has 0 aromatic heterocycles. The minimum atomic E-state index is 0. The molecule has 2 heterocycles. The van der Waals surface area contributed by atoms with Crippen LogP contribution >= 0.6 is 12.4 Å². The lowest BCUT2D eigenvalue weighted by Gasteiger charge is -2.27. The summed E-state index contributed by atoms with van der Waals surface area (Å²) in [5.41, 5.74) is 0. The first-order chi connectivity index (χ1) is 7.84. The molecule has 3 aliphatic rings. The predicted octanol–water partition coefficient (Wildman–Crippen LogP) is 1.81. The van der Waals surface area contributed by atoms with Gasteiger partial charge in [0.1, 0.15) is 0 Å². The van der Waals surface area contributed by atoms with Gasteiger partial charge < -0.3 is 10.2 Å². The summed E-state index contributed by atoms with van der Waals surface area (Å²) in [4.78, 5) is 14.4. The maximum absolute atomic E-state index is 12.3. The molecule has 3 rings (SSSR count). The topological polar surface area (TPSA) is 32.3 Å². The standard InChI is InChI=1S/C13H22N2O.ClH/c16-13(12-6-1-2-7-14-12)15-8-10-4-3-5-11(10)9-15;/h10-12,14H,1-9H2;1H/t10?,11?,12-;/m0./s1. The number of fused-ring (bicyclic) bond motifs is 1. The van der Waals surface area contributed by atoms with Crippen molar-refractivity contribution in [3.8, 4) is 0 Å². The van der Waals surface area contributed by atoms with Gasteiger partial charge in [-0.1, -0.05) is 12.8 Å². The molecule has 0 bridgehead atoms. The molecule has 1 amide bonds. The summed E-state index contributed by atoms with van der Waals surface area (Å²) >= 11 is 0. The van der Waals surface area contributed by atoms with E-state index in [0.717, 1.165) is 37.9 Å². The van der Waals surface area contributed by atoms with E-state index in [9.17, 15) is 4.79 Å². The minimum Gasteiger partial charge on any atom is -0.341 e. The van der Waals surface area contributed by atoms with Crippen molar-refractivity contribution in [1.82, 2.24) is 10.2 Å². The third-order valence-electron chi connectivity index (χ3n) is 4.65. The van der Waals surface area contributed by atoms with E-state index in [1.807, 2.05) is 0 Å². The molecule has 0 spiro atoms. The lowest BCUT2D eigenvalue weighted by Crippen LogP contribution is -2.48. The van der Waals surface area contributed by atoms with Crippen molar-refractivity contribution >= 4 is 18.3 Å². The number of carbonyl (C=O) groups excluding carboxylic acids is 1. The SMILES string of the molecule is Cl.O=C([C@@H]1CCCCN1)N1CC2CCCC2C1. The van der Waals surface area contributed by atoms with Crippen molar-refractivity contribution in [3.63, 3.8) is 0 Å². The monoisotopic (exact) mass is 258 g/mol. The molecule has 0 aromatic carbocycles. The van der Waals surface area contributed by atoms with Gasteiger partial charge >= 0.3 is 0 Å². The molecule has 0 aromatic rings. The molecular weight excluding hydrogens is 236 g/mol. The first kappa shape index (κ1) is 13.2. The summed E-state index contributed by atoms with van der Waals surface area (Å²) in [6.45, 7) is 3.11. The fourth-order valence-corrected chi connectivity index (χ4v) is 3.70. The Labute approximate surface area is 110 Å². The Kier molecular flexibility index (Phi) is 4.31. The van der Waals surface area contributed by atoms with Crippen LogP contribution < -0.4 is 5.32 Å². The summed E-state index contributed by atoms with van der Waals surface area (Å²) in [6.07, 6.45) is 7.59. The molecule has 3 nitrogen and oxygen atoms in total. The van der Waals surface area contributed by atoms with Gasteiger partial charge in [-0.25, -0.2) is 0 Å². The summed E-state index contributed by atoms with van der Waals surface area (Å²) in [7, 11) is 0. The third kappa shape index (κ3) is 2.60. The molecule has 17 heavy (non-hydrogen) atoms. The molecule has 1 N–H and O–H groups in total. The number of halogens is 1. The van der Waals surface area contributed by atoms with Crippen molar-refractivity contribution in [3.05, 3.63) is 0 Å². The molecule has 3 fully saturated rings. The van der Waals surface area contributed by atoms with Crippen molar-refractivity contribution < 1.29 is 4.79 Å². The van der Waals surface area contributed by atoms with Crippen molar-refractivity contribution in [2.45, 2.75) is 44.6 Å². The molecule has 1 saturated carbocycles. The van der Waals surface area contributed by atoms with E-state index in [0.29, 0.717) is 5.91 Å². The van der Waals surface area contributed by atoms with Gasteiger partial charge in [0.25, 0.3) is 0 Å². The van der Waals surface area contributed by atoms with Gasteiger partial charge in [-0.05, 0) is 44.1 Å². The van der Waals surface area contributed by atoms with E-state index in [-0.39, 0.29) is 18.4 Å². The average molecular weight is 259 g/mol. The first-order valence-corrected chi connectivity index (χ1v) is 6.87. The van der Waals surface area contributed by atoms with Gasteiger partial charge in [-0.3, -0.25) is 4.79 Å². The first-order valence-electron chi connectivity index (χ1n) is 6.87. The van der Waals surface area contributed by atoms with E-state index in [2.05, 4.69) is 10.2 Å². The highest BCUT2D eigenvalue weighted by Crippen LogP contribution is 2.38. The van der Waals surface area contributed by atoms with Crippen LogP contribution in [0.1, 0.15) is 38.5 Å². The number of likely N-dealkylation sites (tertiary alicyclic amines) is 1. The molecule has 2 saturated heterocycles. The van der Waals surface area contributed by atoms with Crippen LogP contribution in [0.25, 0.3) is 0 Å². The molecule has 4 heteroatoms. The van der Waals surface area contributed by atoms with Gasteiger partial charge in [0.15, 0.2) is 0 Å². The Balaban J connectivity index is 0.00000108. The van der Waals surface area contributed by atoms with Crippen LogP contribution in [0.3, 0.4) is 0 Å². The van der Waals surface area contributed by atoms with Gasteiger partial charge in [-0.15, -0.1) is 12.4 Å². The lowest BCUT2D eigenvalue weighted by molar-refractivity contribution is -0.133. The second-order valence-corrected chi connectivity index (χ2v) is 5.70. The van der Waals surface area contributed by atoms with Gasteiger partial charge in [-0.2, -0.15) is 0 Å². The summed E-state index contributed by atoms with van der Waals surface area (Å²) in [5, 5.41) is 3.37. The van der Waals surface area contributed by atoms with Crippen molar-refractivity contribution in [2.24, 2.45) is 11.8 Å². The Bertz CT molecular complexity index is 267. The third-order valence-corrected chi connectivity index (χ3v) is 4.65. The fraction of sp³-hybridized carbons (Fsp3) is 0.923. The zero-order valence-electron chi connectivity index (χ0n) is 10.4. The van der Waals surface area contributed by atoms with Crippen molar-refractivity contribution in [2.75, 3.05) is 19.6 Å². The predicted molar refractivity (Wildman–Crippen MR) is 70.3 cm³/mol. The summed E-state index contributed by atoms with van der Waals surface area (Å²) in [5.74, 6) is 2.04. The Morgan fingerprint density at radius 3 is 2.29 bits per heavy atom. The number of rotatable bonds is 1. The highest BCUT2D eigenvalue weighted by Gasteiger charge is 2.39. The van der Waals surface area contributed by atoms with E-state index >= 15 is 0 Å². The summed E-state index contributed by atoms with van der Waals surface area (Å²) in [6, 6.07) is 0.132. The van der Waals surface area contributed by atoms with Crippen LogP contribution in [0.15, 0.2) is 0 Å². The number of hydrogen-bond acceptors (Lipinski definition) is 2. The summed E-state index contributed by atoms with van der Waals surface area (Å²) < 4.78 is 0. The molecule has 0 radical (unpaired) electrons. The highest BCUT2D eigenvalue weighted by molar-refractivity contribution is 5.85. The van der Waals surface area contributed by atoms with Gasteiger partial charge in [0.2, 0.25) is 5.91 Å². The average Bonchev–Trinajstić information content (AvgIpc) is 2.89. The molecule has 2 unspecified atom stereocenters. The Morgan fingerprint density at radius 2 is 1.71 bits per heavy atom. The maximum Gasteiger partial charge on any atom is 0.239 e. The van der Waals surface area contributed by atoms with E-state index < -0.39 is 0 Å². The smallest absolute Gasteiger partial charge is 0.239 e. The Hall–Kier alpha value is -0.280. The van der Waals surface area contributed by atoms with Crippen LogP contribution in [0.5, 0.6) is 0 Å². The molecular formula is C13H23ClN2O. The van der Waals surface area contributed by atoms with Gasteiger partial charge in [0, 0.05) is 13.1 Å². The fourth-order valence-electron chi connectivity index (χ4n) is 3.70. The number of hydrogen-bond donors (Lipinski definition) is 1. The Morgan fingerprint density at radius 1 is 1.00 bits per heavy atom. The molecule has 1 aliphatic carbocycles. The number of nitrogens with zero attached hydrogens (tertiary/aromatic N) is 1. The number of piperidine rings is 1. The zero-order chi connectivity index (χ0) is 11.0. The van der Waals surface area contributed by atoms with E-state index in [4.69, 9.17) is 0 Å². The maximum atomic E-state index is 12.3. The molecule has 2 aliphatic heterocycles. The second-order valence-electron chi connectivity index (χ2n) is 5.70. The molecule has 98 valence electrons. The zero-order valence-corrected chi connectivity index (χ0v) is 11.2. The largest absolute Gasteiger partial charge is 0.341 e. The van der Waals surface area contributed by atoms with Crippen molar-refractivity contribution in [1.29, 1.82) is 0 Å². The quantitative estimate of drug-likeness (QED) is 0.778. The normalized spacial score (nSPS) is 36.5. The van der Waals surface area contributed by atoms with Crippen LogP contribution in [0.4, 0.5) is 0 Å². The highest BCUT2D eigenvalue weighted by atomic mass is 35.5. The number of amides is 1. The lowest BCUT2D eigenvalue weighted by atomic mass is 10.0. The van der Waals surface area contributed by atoms with Gasteiger partial charge in [0.05, 0.1) is 6.04 Å². The van der Waals surface area contributed by atoms with Crippen LogP contribution in [-0.2, 0) is 4.79 Å². The number of carbonyl (C=O) groups is 1. The van der Waals surface area contributed by atoms with Crippen LogP contribution in [0, 0.1) is 11.8 Å². The minimum absolute atomic E-state index is 0. The van der Waals surface area contributed by atoms with Crippen LogP contribution in [0.2, 0.25) is 0 Å². The molecule has 3 atom stereocenters. The second kappa shape index (κ2) is 5.57. The van der Waals surface area contributed by atoms with E-state index in [1.165, 1.54) is 32.1 Å².